The summed E-state index contributed by atoms with van der Waals surface area (Å²) in [5.41, 5.74) is 6.22. The summed E-state index contributed by atoms with van der Waals surface area (Å²) in [4.78, 5) is 12.3. The van der Waals surface area contributed by atoms with Crippen molar-refractivity contribution in [2.24, 2.45) is 0 Å². The number of carbonyl (C=O) groups is 1. The molecule has 0 saturated carbocycles. The highest BCUT2D eigenvalue weighted by atomic mass is 35.5. The number of carbonyl (C=O) groups excluding carboxylic acids is 1. The van der Waals surface area contributed by atoms with Crippen molar-refractivity contribution in [2.75, 3.05) is 6.54 Å². The number of benzene rings is 3. The largest absolute Gasteiger partial charge is 0.412 e. The number of halogens is 1. The van der Waals surface area contributed by atoms with Crippen LogP contribution in [0.2, 0.25) is 0 Å². The molecule has 1 heterocycles. The van der Waals surface area contributed by atoms with Gasteiger partial charge in [-0.2, -0.15) is 0 Å². The van der Waals surface area contributed by atoms with Crippen LogP contribution in [0, 0.1) is 13.8 Å². The highest BCUT2D eigenvalue weighted by Gasteiger charge is 2.42. The van der Waals surface area contributed by atoms with Crippen LogP contribution < -0.4 is 11.5 Å². The fraction of sp³-hybridized carbons (Fsp3) is 0.344. The molecule has 0 aromatic heterocycles. The van der Waals surface area contributed by atoms with Gasteiger partial charge in [-0.25, -0.2) is 0 Å². The average Bonchev–Trinajstić information content (AvgIpc) is 3.05. The van der Waals surface area contributed by atoms with E-state index in [-0.39, 0.29) is 44.1 Å². The van der Waals surface area contributed by atoms with Gasteiger partial charge in [-0.15, -0.1) is 19.0 Å². The van der Waals surface area contributed by atoms with E-state index in [0.717, 1.165) is 12.8 Å². The van der Waals surface area contributed by atoms with Gasteiger partial charge in [0.1, 0.15) is 0 Å². The van der Waals surface area contributed by atoms with Crippen LogP contribution in [0.1, 0.15) is 70.2 Å². The first-order chi connectivity index (χ1) is 16.5. The number of nitrogens with one attached hydrogen (secondary N) is 1. The zero-order valence-electron chi connectivity index (χ0n) is 23.2. The second-order valence-corrected chi connectivity index (χ2v) is 8.67. The SMILES string of the molecule is C=C[C@]1(c2ccc(CC)cc2C)CCNC(=O)C[C@H]1c1ccccc1.CC.Cc1ccccc1.Cl.N.O.[HH].[HH]. The van der Waals surface area contributed by atoms with E-state index in [0.29, 0.717) is 13.0 Å². The van der Waals surface area contributed by atoms with Gasteiger partial charge in [-0.05, 0) is 48.9 Å². The van der Waals surface area contributed by atoms with Gasteiger partial charge in [0.2, 0.25) is 5.91 Å². The van der Waals surface area contributed by atoms with E-state index in [1.165, 1.54) is 27.8 Å². The smallest absolute Gasteiger partial charge is 0.220 e. The first kappa shape index (κ1) is 36.2. The second kappa shape index (κ2) is 18.3. The minimum Gasteiger partial charge on any atom is -0.412 e. The molecule has 3 aromatic carbocycles. The van der Waals surface area contributed by atoms with E-state index < -0.39 is 0 Å². The van der Waals surface area contributed by atoms with Gasteiger partial charge in [0, 0.05) is 27.2 Å². The highest BCUT2D eigenvalue weighted by Crippen LogP contribution is 2.47. The molecule has 0 bridgehead atoms. The van der Waals surface area contributed by atoms with Gasteiger partial charge in [0.25, 0.3) is 0 Å². The average molecular weight is 531 g/mol. The lowest BCUT2D eigenvalue weighted by atomic mass is 9.64. The van der Waals surface area contributed by atoms with E-state index in [9.17, 15) is 4.79 Å². The van der Waals surface area contributed by atoms with Crippen molar-refractivity contribution in [1.82, 2.24) is 11.5 Å². The Bertz CT molecular complexity index is 1050. The first-order valence-electron chi connectivity index (χ1n) is 12.6. The third-order valence-electron chi connectivity index (χ3n) is 6.58. The van der Waals surface area contributed by atoms with Gasteiger partial charge in [-0.1, -0.05) is 111 Å². The normalized spacial score (nSPS) is 17.8. The summed E-state index contributed by atoms with van der Waals surface area (Å²) in [6.45, 7) is 15.3. The lowest BCUT2D eigenvalue weighted by Crippen LogP contribution is -2.33. The highest BCUT2D eigenvalue weighted by molar-refractivity contribution is 5.85. The van der Waals surface area contributed by atoms with E-state index in [1.807, 2.05) is 38.1 Å². The molecule has 1 aliphatic rings. The van der Waals surface area contributed by atoms with Crippen molar-refractivity contribution in [3.8, 4) is 0 Å². The van der Waals surface area contributed by atoms with E-state index in [1.54, 1.807) is 0 Å². The molecule has 0 radical (unpaired) electrons. The van der Waals surface area contributed by atoms with Crippen LogP contribution in [0.5, 0.6) is 0 Å². The lowest BCUT2D eigenvalue weighted by Gasteiger charge is -2.39. The van der Waals surface area contributed by atoms with Crippen molar-refractivity contribution in [1.29, 1.82) is 0 Å². The lowest BCUT2D eigenvalue weighted by molar-refractivity contribution is -0.121. The van der Waals surface area contributed by atoms with Gasteiger partial charge in [0.05, 0.1) is 0 Å². The molecule has 5 heteroatoms. The van der Waals surface area contributed by atoms with Gasteiger partial charge in [0.15, 0.2) is 0 Å². The Morgan fingerprint density at radius 3 is 2.03 bits per heavy atom. The molecule has 208 valence electrons. The molecule has 0 spiro atoms. The topological polar surface area (TPSA) is 95.6 Å². The summed E-state index contributed by atoms with van der Waals surface area (Å²) in [5, 5.41) is 3.06. The maximum absolute atomic E-state index is 12.3. The molecule has 1 amide bonds. The third kappa shape index (κ3) is 9.47. The Labute approximate surface area is 233 Å². The minimum atomic E-state index is -0.239. The molecule has 1 saturated heterocycles. The third-order valence-corrected chi connectivity index (χ3v) is 6.58. The zero-order chi connectivity index (χ0) is 25.0. The maximum atomic E-state index is 12.3. The van der Waals surface area contributed by atoms with Gasteiger partial charge >= 0.3 is 0 Å². The maximum Gasteiger partial charge on any atom is 0.220 e. The van der Waals surface area contributed by atoms with Crippen LogP contribution in [0.25, 0.3) is 0 Å². The van der Waals surface area contributed by atoms with Crippen molar-refractivity contribution in [2.45, 2.75) is 65.2 Å². The summed E-state index contributed by atoms with van der Waals surface area (Å²) >= 11 is 0. The summed E-state index contributed by atoms with van der Waals surface area (Å²) < 4.78 is 0. The molecule has 3 aromatic rings. The summed E-state index contributed by atoms with van der Waals surface area (Å²) in [6, 6.07) is 27.4. The number of hydrogen-bond acceptors (Lipinski definition) is 2. The van der Waals surface area contributed by atoms with Crippen LogP contribution in [0.3, 0.4) is 0 Å². The van der Waals surface area contributed by atoms with E-state index in [4.69, 9.17) is 0 Å². The molecule has 37 heavy (non-hydrogen) atoms. The van der Waals surface area contributed by atoms with Gasteiger partial charge in [-0.3, -0.25) is 4.79 Å². The molecule has 1 aliphatic heterocycles. The molecule has 1 fully saturated rings. The Kier molecular flexibility index (Phi) is 18.0. The summed E-state index contributed by atoms with van der Waals surface area (Å²) in [7, 11) is 0. The van der Waals surface area contributed by atoms with E-state index in [2.05, 4.69) is 93.3 Å². The Hall–Kier alpha value is -2.92. The van der Waals surface area contributed by atoms with Crippen molar-refractivity contribution in [3.63, 3.8) is 0 Å². The number of rotatable bonds is 4. The number of hydrogen-bond donors (Lipinski definition) is 2. The molecule has 0 aliphatic carbocycles. The zero-order valence-corrected chi connectivity index (χ0v) is 24.0. The van der Waals surface area contributed by atoms with Crippen LogP contribution in [0.4, 0.5) is 0 Å². The second-order valence-electron chi connectivity index (χ2n) is 8.67. The molecule has 6 N–H and O–H groups in total. The van der Waals surface area contributed by atoms with Crippen LogP contribution in [-0.4, -0.2) is 17.9 Å². The van der Waals surface area contributed by atoms with Crippen molar-refractivity contribution in [3.05, 3.63) is 119 Å². The predicted molar refractivity (Wildman–Crippen MR) is 166 cm³/mol. The Morgan fingerprint density at radius 2 is 1.57 bits per heavy atom. The van der Waals surface area contributed by atoms with Crippen LogP contribution in [-0.2, 0) is 16.6 Å². The first-order valence-corrected chi connectivity index (χ1v) is 12.6. The van der Waals surface area contributed by atoms with Crippen molar-refractivity contribution >= 4 is 18.3 Å². The number of aryl methyl sites for hydroxylation is 3. The molecule has 2 atom stereocenters. The standard InChI is InChI=1S/C23H27NO.C7H8.C2H6.ClH.H3N.H2O.2H2/c1-4-18-11-12-20(17(3)15-18)23(5-2)13-14-24-22(25)16-21(23)19-9-7-6-8-10-19;1-7-5-3-2-4-6-7;1-2;;;;;/h5-12,15,21H,2,4,13-14,16H2,1,3H3,(H,24,25);2-6H,1H3;1-2H3;1H;1H3;1H2;2*1H/t21-,23+;;;;;;;/m0......./s1. The molecular formula is C32H51ClN2O2. The number of allylic oxidation sites excluding steroid dienone is 1. The molecule has 0 unspecified atom stereocenters. The van der Waals surface area contributed by atoms with E-state index >= 15 is 0 Å². The Morgan fingerprint density at radius 1 is 1.00 bits per heavy atom. The van der Waals surface area contributed by atoms with Gasteiger partial charge < -0.3 is 16.9 Å². The fourth-order valence-corrected chi connectivity index (χ4v) is 4.80. The minimum absolute atomic E-state index is 0. The van der Waals surface area contributed by atoms with Crippen molar-refractivity contribution < 1.29 is 13.1 Å². The van der Waals surface area contributed by atoms with Crippen LogP contribution >= 0.6 is 12.4 Å². The molecular weight excluding hydrogens is 480 g/mol. The number of amides is 1. The fourth-order valence-electron chi connectivity index (χ4n) is 4.80. The monoisotopic (exact) mass is 530 g/mol. The predicted octanol–water partition coefficient (Wildman–Crippen LogP) is 7.95. The summed E-state index contributed by atoms with van der Waals surface area (Å²) in [6.07, 6.45) is 4.47. The molecule has 4 rings (SSSR count). The molecule has 4 nitrogen and oxygen atoms in total. The summed E-state index contributed by atoms with van der Waals surface area (Å²) in [5.74, 6) is 0.222. The quantitative estimate of drug-likeness (QED) is 0.334. The van der Waals surface area contributed by atoms with Crippen LogP contribution in [0.15, 0.2) is 91.5 Å². The Balaban J connectivity index is -0.000000381.